The maximum Gasteiger partial charge on any atom is 0.408 e. The molecule has 0 spiro atoms. The molecule has 0 radical (unpaired) electrons. The first kappa shape index (κ1) is 26.4. The maximum absolute atomic E-state index is 13.3. The molecule has 36 heavy (non-hydrogen) atoms. The molecule has 3 rings (SSSR count). The van der Waals surface area contributed by atoms with Gasteiger partial charge in [0.15, 0.2) is 11.5 Å². The van der Waals surface area contributed by atoms with Crippen LogP contribution >= 0.6 is 0 Å². The van der Waals surface area contributed by atoms with E-state index < -0.39 is 18.2 Å². The Morgan fingerprint density at radius 1 is 0.778 bits per heavy atom. The van der Waals surface area contributed by atoms with E-state index in [2.05, 4.69) is 10.6 Å². The van der Waals surface area contributed by atoms with Crippen molar-refractivity contribution in [1.82, 2.24) is 10.6 Å². The van der Waals surface area contributed by atoms with Crippen LogP contribution in [0.4, 0.5) is 4.79 Å². The molecule has 0 heterocycles. The van der Waals surface area contributed by atoms with Crippen molar-refractivity contribution in [2.24, 2.45) is 0 Å². The average Bonchev–Trinajstić information content (AvgIpc) is 2.91. The average molecular weight is 493 g/mol. The molecule has 2 amide bonds. The molecule has 0 bridgehead atoms. The van der Waals surface area contributed by atoms with Gasteiger partial charge in [0.2, 0.25) is 11.7 Å². The van der Waals surface area contributed by atoms with E-state index in [1.807, 2.05) is 67.6 Å². The van der Waals surface area contributed by atoms with Gasteiger partial charge < -0.3 is 29.6 Å². The molecule has 2 atom stereocenters. The zero-order valence-electron chi connectivity index (χ0n) is 20.9. The van der Waals surface area contributed by atoms with Gasteiger partial charge in [-0.05, 0) is 35.7 Å². The van der Waals surface area contributed by atoms with Crippen molar-refractivity contribution >= 4 is 12.0 Å². The first-order valence-corrected chi connectivity index (χ1v) is 11.6. The number of hydrogen-bond acceptors (Lipinski definition) is 6. The van der Waals surface area contributed by atoms with Gasteiger partial charge in [0, 0.05) is 6.42 Å². The van der Waals surface area contributed by atoms with Crippen LogP contribution in [0.5, 0.6) is 17.2 Å². The Kier molecular flexibility index (Phi) is 9.56. The highest BCUT2D eigenvalue weighted by Crippen LogP contribution is 2.39. The minimum absolute atomic E-state index is 0.105. The van der Waals surface area contributed by atoms with Gasteiger partial charge in [0.05, 0.1) is 27.4 Å². The highest BCUT2D eigenvalue weighted by Gasteiger charge is 2.25. The van der Waals surface area contributed by atoms with Crippen molar-refractivity contribution < 1.29 is 28.5 Å². The lowest BCUT2D eigenvalue weighted by molar-refractivity contribution is -0.123. The molecule has 3 aromatic rings. The first-order chi connectivity index (χ1) is 17.4. The van der Waals surface area contributed by atoms with Crippen molar-refractivity contribution in [3.8, 4) is 17.2 Å². The topological polar surface area (TPSA) is 95.1 Å². The molecule has 0 saturated carbocycles. The Hall–Kier alpha value is -4.20. The molecule has 8 nitrogen and oxygen atoms in total. The number of methoxy groups -OCH3 is 3. The highest BCUT2D eigenvalue weighted by molar-refractivity contribution is 5.86. The first-order valence-electron chi connectivity index (χ1n) is 11.6. The predicted octanol–water partition coefficient (Wildman–Crippen LogP) is 4.43. The summed E-state index contributed by atoms with van der Waals surface area (Å²) in [4.78, 5) is 25.9. The predicted molar refractivity (Wildman–Crippen MR) is 136 cm³/mol. The molecule has 2 unspecified atom stereocenters. The summed E-state index contributed by atoms with van der Waals surface area (Å²) in [5, 5.41) is 5.69. The molecule has 0 aromatic heterocycles. The lowest BCUT2D eigenvalue weighted by Gasteiger charge is -2.23. The second-order valence-electron chi connectivity index (χ2n) is 8.14. The Bertz CT molecular complexity index is 1110. The van der Waals surface area contributed by atoms with Crippen LogP contribution in [-0.2, 0) is 22.6 Å². The van der Waals surface area contributed by atoms with Crippen molar-refractivity contribution in [3.05, 3.63) is 89.5 Å². The highest BCUT2D eigenvalue weighted by atomic mass is 16.5. The van der Waals surface area contributed by atoms with E-state index in [1.165, 1.54) is 21.3 Å². The van der Waals surface area contributed by atoms with Crippen LogP contribution in [0, 0.1) is 0 Å². The van der Waals surface area contributed by atoms with E-state index >= 15 is 0 Å². The van der Waals surface area contributed by atoms with E-state index in [0.717, 1.165) is 16.7 Å². The SMILES string of the molecule is COc1cc(C(C)NC(=O)C(Cc2ccccc2)NC(=O)OCc2ccccc2)cc(OC)c1OC. The van der Waals surface area contributed by atoms with Crippen LogP contribution in [0.2, 0.25) is 0 Å². The Morgan fingerprint density at radius 3 is 1.86 bits per heavy atom. The molecule has 190 valence electrons. The van der Waals surface area contributed by atoms with Gasteiger partial charge in [-0.2, -0.15) is 0 Å². The van der Waals surface area contributed by atoms with Crippen molar-refractivity contribution in [1.29, 1.82) is 0 Å². The summed E-state index contributed by atoms with van der Waals surface area (Å²) in [7, 11) is 4.60. The van der Waals surface area contributed by atoms with Gasteiger partial charge in [-0.1, -0.05) is 60.7 Å². The number of rotatable bonds is 11. The number of carbonyl (C=O) groups excluding carboxylic acids is 2. The number of benzene rings is 3. The van der Waals surface area contributed by atoms with Crippen LogP contribution in [0.3, 0.4) is 0 Å². The second kappa shape index (κ2) is 13.0. The lowest BCUT2D eigenvalue weighted by Crippen LogP contribution is -2.48. The number of nitrogens with one attached hydrogen (secondary N) is 2. The minimum atomic E-state index is -0.847. The largest absolute Gasteiger partial charge is 0.493 e. The molecule has 0 aliphatic rings. The Labute approximate surface area is 211 Å². The summed E-state index contributed by atoms with van der Waals surface area (Å²) in [6.07, 6.45) is -0.370. The number of amides is 2. The van der Waals surface area contributed by atoms with Crippen molar-refractivity contribution in [3.63, 3.8) is 0 Å². The van der Waals surface area contributed by atoms with Crippen molar-refractivity contribution in [2.75, 3.05) is 21.3 Å². The molecule has 0 saturated heterocycles. The summed E-state index contributed by atoms with van der Waals surface area (Å²) in [6, 6.07) is 21.1. The van der Waals surface area contributed by atoms with Gasteiger partial charge >= 0.3 is 6.09 Å². The molecular weight excluding hydrogens is 460 g/mol. The van der Waals surface area contributed by atoms with Crippen LogP contribution in [0.1, 0.15) is 29.7 Å². The number of hydrogen-bond donors (Lipinski definition) is 2. The van der Waals surface area contributed by atoms with Crippen LogP contribution in [-0.4, -0.2) is 39.4 Å². The normalized spacial score (nSPS) is 12.1. The maximum atomic E-state index is 13.3. The van der Waals surface area contributed by atoms with E-state index in [9.17, 15) is 9.59 Å². The lowest BCUT2D eigenvalue weighted by atomic mass is 10.0. The zero-order valence-corrected chi connectivity index (χ0v) is 20.9. The number of alkyl carbamates (subject to hydrolysis) is 1. The van der Waals surface area contributed by atoms with E-state index in [0.29, 0.717) is 23.7 Å². The third kappa shape index (κ3) is 7.15. The number of ether oxygens (including phenoxy) is 4. The molecule has 0 fully saturated rings. The standard InChI is InChI=1S/C28H32N2O6/c1-19(22-16-24(33-2)26(35-4)25(17-22)34-3)29-27(31)23(15-20-11-7-5-8-12-20)30-28(32)36-18-21-13-9-6-10-14-21/h5-14,16-17,19,23H,15,18H2,1-4H3,(H,29,31)(H,30,32). The van der Waals surface area contributed by atoms with Crippen LogP contribution < -0.4 is 24.8 Å². The number of carbonyl (C=O) groups is 2. The van der Waals surface area contributed by atoms with E-state index in [1.54, 1.807) is 12.1 Å². The fourth-order valence-corrected chi connectivity index (χ4v) is 3.71. The molecule has 2 N–H and O–H groups in total. The molecular formula is C28H32N2O6. The van der Waals surface area contributed by atoms with E-state index in [-0.39, 0.29) is 12.5 Å². The summed E-state index contributed by atoms with van der Waals surface area (Å²) in [5.41, 5.74) is 2.51. The summed E-state index contributed by atoms with van der Waals surface area (Å²) in [5.74, 6) is 1.08. The monoisotopic (exact) mass is 492 g/mol. The fraction of sp³-hybridized carbons (Fsp3) is 0.286. The van der Waals surface area contributed by atoms with E-state index in [4.69, 9.17) is 18.9 Å². The summed E-state index contributed by atoms with van der Waals surface area (Å²) >= 11 is 0. The molecule has 3 aromatic carbocycles. The summed E-state index contributed by atoms with van der Waals surface area (Å²) < 4.78 is 21.6. The Morgan fingerprint density at radius 2 is 1.33 bits per heavy atom. The van der Waals surface area contributed by atoms with Gasteiger partial charge in [-0.15, -0.1) is 0 Å². The smallest absolute Gasteiger partial charge is 0.408 e. The van der Waals surface area contributed by atoms with Crippen molar-refractivity contribution in [2.45, 2.75) is 32.0 Å². The zero-order chi connectivity index (χ0) is 25.9. The second-order valence-corrected chi connectivity index (χ2v) is 8.14. The van der Waals surface area contributed by atoms with Gasteiger partial charge in [-0.25, -0.2) is 4.79 Å². The van der Waals surface area contributed by atoms with Crippen LogP contribution in [0.15, 0.2) is 72.8 Å². The van der Waals surface area contributed by atoms with Crippen LogP contribution in [0.25, 0.3) is 0 Å². The Balaban J connectivity index is 1.74. The van der Waals surface area contributed by atoms with Gasteiger partial charge in [0.1, 0.15) is 12.6 Å². The van der Waals surface area contributed by atoms with Gasteiger partial charge in [0.25, 0.3) is 0 Å². The third-order valence-electron chi connectivity index (χ3n) is 5.65. The molecule has 0 aliphatic heterocycles. The minimum Gasteiger partial charge on any atom is -0.493 e. The third-order valence-corrected chi connectivity index (χ3v) is 5.65. The van der Waals surface area contributed by atoms with Gasteiger partial charge in [-0.3, -0.25) is 4.79 Å². The summed E-state index contributed by atoms with van der Waals surface area (Å²) in [6.45, 7) is 1.94. The quantitative estimate of drug-likeness (QED) is 0.411. The molecule has 8 heteroatoms. The fourth-order valence-electron chi connectivity index (χ4n) is 3.71. The molecule has 0 aliphatic carbocycles.